The number of nitrogens with one attached hydrogen (secondary N) is 1. The number of urea groups is 1. The molecule has 338 valence electrons. The van der Waals surface area contributed by atoms with E-state index in [1.54, 1.807) is 55.1 Å². The lowest BCUT2D eigenvalue weighted by Crippen LogP contribution is -2.56. The number of hydrogen-bond acceptors (Lipinski definition) is 11. The van der Waals surface area contributed by atoms with Gasteiger partial charge in [-0.05, 0) is 84.2 Å². The Morgan fingerprint density at radius 2 is 1.51 bits per heavy atom. The number of amides is 3. The fourth-order valence-corrected chi connectivity index (χ4v) is 10.3. The number of methoxy groups -OCH3 is 1. The van der Waals surface area contributed by atoms with E-state index in [2.05, 4.69) is 17.2 Å². The Hall–Kier alpha value is -6.53. The smallest absolute Gasteiger partial charge is 0.329 e. The molecule has 4 aromatic rings. The van der Waals surface area contributed by atoms with Crippen LogP contribution in [0.1, 0.15) is 98.4 Å². The lowest BCUT2D eigenvalue weighted by atomic mass is 9.65. The van der Waals surface area contributed by atoms with Crippen LogP contribution in [0, 0.1) is 23.7 Å². The van der Waals surface area contributed by atoms with Crippen LogP contribution in [0.2, 0.25) is 0 Å². The molecule has 3 amide bonds. The first kappa shape index (κ1) is 45.1. The molecule has 3 heterocycles. The number of nitrogens with zero attached hydrogens (tertiary/aromatic N) is 2. The van der Waals surface area contributed by atoms with Crippen LogP contribution < -0.4 is 15.0 Å². The highest BCUT2D eigenvalue weighted by Crippen LogP contribution is 2.66. The summed E-state index contributed by atoms with van der Waals surface area (Å²) < 4.78 is 17.1. The van der Waals surface area contributed by atoms with E-state index in [1.165, 1.54) is 13.2 Å². The zero-order valence-corrected chi connectivity index (χ0v) is 36.5. The van der Waals surface area contributed by atoms with Gasteiger partial charge in [0.2, 0.25) is 5.91 Å². The molecule has 1 saturated carbocycles. The fraction of sp³-hybridized carbons (Fsp3) is 0.392. The number of carbonyl (C=O) groups is 5. The molecular formula is C51H53N3O11. The van der Waals surface area contributed by atoms with Crippen LogP contribution in [0.15, 0.2) is 103 Å². The molecule has 1 spiro atoms. The zero-order valence-electron chi connectivity index (χ0n) is 36.5. The Morgan fingerprint density at radius 1 is 0.862 bits per heavy atom. The number of aliphatic carboxylic acids is 1. The SMILES string of the molecule is COC(=O)C(NC(=O)N1C(=O)C2(c3cc(C#CC4(O)CCCCCC4)ccc31)C(C(=O)O)C1C(=O)OC(c3ccccc3)C(c3ccccc3)N1C2c1ccc(OCCO)cc1)C(C)C. The number of imide groups is 1. The number of fused-ring (bicyclic) bond motifs is 3. The standard InChI is InChI=1S/C51H53N3O11/c1-31(2)40(46(58)63-3)52-49(61)53-38-23-18-32(24-27-50(62)25-12-4-5-13-26-50)30-37(38)51(48(53)60)39(45(56)57)42-47(59)65-43(34-16-10-7-11-17-34)41(33-14-8-6-9-15-33)54(42)44(51)35-19-21-36(22-20-35)64-29-28-55/h6-11,14-23,30-31,39-44,55,62H,4-5,12-13,25-26,28-29H2,1-3H3,(H,52,61)(H,56,57). The van der Waals surface area contributed by atoms with Gasteiger partial charge in [-0.1, -0.05) is 111 Å². The van der Waals surface area contributed by atoms with Crippen molar-refractivity contribution < 1.29 is 53.5 Å². The number of benzene rings is 4. The third-order valence-corrected chi connectivity index (χ3v) is 13.3. The van der Waals surface area contributed by atoms with Gasteiger partial charge in [-0.3, -0.25) is 19.3 Å². The molecule has 3 fully saturated rings. The van der Waals surface area contributed by atoms with Crippen molar-refractivity contribution in [2.24, 2.45) is 11.8 Å². The van der Waals surface area contributed by atoms with Crippen LogP contribution in [-0.2, 0) is 34.1 Å². The van der Waals surface area contributed by atoms with Crippen molar-refractivity contribution in [2.75, 3.05) is 25.2 Å². The summed E-state index contributed by atoms with van der Waals surface area (Å²) in [5.41, 5.74) is -1.32. The molecule has 2 saturated heterocycles. The molecule has 0 bridgehead atoms. The van der Waals surface area contributed by atoms with E-state index in [1.807, 2.05) is 60.7 Å². The Morgan fingerprint density at radius 3 is 2.11 bits per heavy atom. The molecule has 0 aromatic heterocycles. The lowest BCUT2D eigenvalue weighted by Gasteiger charge is -2.46. The monoisotopic (exact) mass is 883 g/mol. The van der Waals surface area contributed by atoms with Gasteiger partial charge in [0.25, 0.3) is 0 Å². The predicted molar refractivity (Wildman–Crippen MR) is 237 cm³/mol. The Bertz CT molecular complexity index is 2490. The van der Waals surface area contributed by atoms with Crippen molar-refractivity contribution in [2.45, 2.75) is 93.7 Å². The molecule has 3 aliphatic heterocycles. The summed E-state index contributed by atoms with van der Waals surface area (Å²) in [4.78, 5) is 75.9. The van der Waals surface area contributed by atoms with E-state index in [9.17, 15) is 34.5 Å². The number of anilines is 1. The number of ether oxygens (including phenoxy) is 3. The normalized spacial score (nSPS) is 25.1. The number of carboxylic acid groups (broad SMARTS) is 1. The maximum absolute atomic E-state index is 16.2. The summed E-state index contributed by atoms with van der Waals surface area (Å²) >= 11 is 0. The molecule has 7 unspecified atom stereocenters. The summed E-state index contributed by atoms with van der Waals surface area (Å²) in [5.74, 6) is 0.176. The number of carbonyl (C=O) groups excluding carboxylic acids is 4. The second-order valence-corrected chi connectivity index (χ2v) is 17.5. The first-order valence-electron chi connectivity index (χ1n) is 22.1. The first-order chi connectivity index (χ1) is 31.3. The summed E-state index contributed by atoms with van der Waals surface area (Å²) in [7, 11) is 1.19. The van der Waals surface area contributed by atoms with Crippen molar-refractivity contribution >= 4 is 35.5 Å². The van der Waals surface area contributed by atoms with Gasteiger partial charge in [0.1, 0.15) is 47.5 Å². The van der Waals surface area contributed by atoms with Gasteiger partial charge in [0, 0.05) is 5.56 Å². The van der Waals surface area contributed by atoms with E-state index in [0.717, 1.165) is 30.6 Å². The number of rotatable bonds is 10. The summed E-state index contributed by atoms with van der Waals surface area (Å²) in [6.45, 7) is 3.16. The highest BCUT2D eigenvalue weighted by molar-refractivity contribution is 6.24. The van der Waals surface area contributed by atoms with E-state index < -0.39 is 83.0 Å². The van der Waals surface area contributed by atoms with Crippen LogP contribution in [0.25, 0.3) is 0 Å². The van der Waals surface area contributed by atoms with Crippen molar-refractivity contribution in [3.8, 4) is 17.6 Å². The summed E-state index contributed by atoms with van der Waals surface area (Å²) in [6.07, 6.45) is 3.50. The minimum Gasteiger partial charge on any atom is -0.491 e. The minimum atomic E-state index is -2.25. The number of aliphatic hydroxyl groups is 2. The number of cyclic esters (lactones) is 1. The number of esters is 2. The summed E-state index contributed by atoms with van der Waals surface area (Å²) in [6, 6.07) is 23.7. The van der Waals surface area contributed by atoms with Crippen LogP contribution in [0.5, 0.6) is 5.75 Å². The molecule has 14 nitrogen and oxygen atoms in total. The van der Waals surface area contributed by atoms with Crippen LogP contribution in [0.4, 0.5) is 10.5 Å². The molecule has 8 rings (SSSR count). The van der Waals surface area contributed by atoms with Gasteiger partial charge in [0.05, 0.1) is 31.5 Å². The number of hydrogen-bond donors (Lipinski definition) is 4. The van der Waals surface area contributed by atoms with Crippen LogP contribution in [0.3, 0.4) is 0 Å². The molecule has 4 aromatic carbocycles. The number of aliphatic hydroxyl groups excluding tert-OH is 1. The van der Waals surface area contributed by atoms with Gasteiger partial charge < -0.3 is 34.8 Å². The van der Waals surface area contributed by atoms with Crippen molar-refractivity contribution in [3.05, 3.63) is 131 Å². The predicted octanol–water partition coefficient (Wildman–Crippen LogP) is 6.15. The second kappa shape index (κ2) is 18.5. The Kier molecular flexibility index (Phi) is 12.8. The lowest BCUT2D eigenvalue weighted by molar-refractivity contribution is -0.179. The number of carboxylic acids is 1. The molecule has 4 N–H and O–H groups in total. The van der Waals surface area contributed by atoms with E-state index in [-0.39, 0.29) is 24.5 Å². The molecule has 7 atom stereocenters. The highest BCUT2D eigenvalue weighted by atomic mass is 16.6. The maximum atomic E-state index is 16.2. The molecular weight excluding hydrogens is 831 g/mol. The third-order valence-electron chi connectivity index (χ3n) is 13.3. The second-order valence-electron chi connectivity index (χ2n) is 17.5. The average Bonchev–Trinajstić information content (AvgIpc) is 3.65. The van der Waals surface area contributed by atoms with Crippen LogP contribution >= 0.6 is 0 Å². The largest absolute Gasteiger partial charge is 0.491 e. The third kappa shape index (κ3) is 8.13. The topological polar surface area (TPSA) is 192 Å². The van der Waals surface area contributed by atoms with Gasteiger partial charge in [-0.25, -0.2) is 14.5 Å². The minimum absolute atomic E-state index is 0.000490. The average molecular weight is 884 g/mol. The van der Waals surface area contributed by atoms with E-state index in [0.29, 0.717) is 40.8 Å². The van der Waals surface area contributed by atoms with Gasteiger partial charge in [-0.15, -0.1) is 0 Å². The van der Waals surface area contributed by atoms with E-state index >= 15 is 4.79 Å². The zero-order chi connectivity index (χ0) is 46.0. The van der Waals surface area contributed by atoms with Gasteiger partial charge in [-0.2, -0.15) is 0 Å². The molecule has 0 radical (unpaired) electrons. The Balaban J connectivity index is 1.42. The van der Waals surface area contributed by atoms with Crippen molar-refractivity contribution in [3.63, 3.8) is 0 Å². The van der Waals surface area contributed by atoms with E-state index in [4.69, 9.17) is 14.2 Å². The van der Waals surface area contributed by atoms with Gasteiger partial charge in [0.15, 0.2) is 0 Å². The molecule has 4 aliphatic rings. The number of morpholine rings is 1. The van der Waals surface area contributed by atoms with Crippen LogP contribution in [-0.4, -0.2) is 88.1 Å². The van der Waals surface area contributed by atoms with Crippen molar-refractivity contribution in [1.29, 1.82) is 0 Å². The summed E-state index contributed by atoms with van der Waals surface area (Å²) in [5, 5.41) is 35.4. The fourth-order valence-electron chi connectivity index (χ4n) is 10.3. The quantitative estimate of drug-likeness (QED) is 0.0808. The van der Waals surface area contributed by atoms with Gasteiger partial charge >= 0.3 is 23.9 Å². The molecule has 1 aliphatic carbocycles. The molecule has 14 heteroatoms. The Labute approximate surface area is 377 Å². The highest BCUT2D eigenvalue weighted by Gasteiger charge is 2.76. The maximum Gasteiger partial charge on any atom is 0.329 e. The first-order valence-corrected chi connectivity index (χ1v) is 22.1. The molecule has 65 heavy (non-hydrogen) atoms. The van der Waals surface area contributed by atoms with Crippen molar-refractivity contribution in [1.82, 2.24) is 10.2 Å².